The van der Waals surface area contributed by atoms with Crippen molar-refractivity contribution in [3.63, 3.8) is 0 Å². The molecule has 2 aromatic rings. The molecule has 0 spiro atoms. The van der Waals surface area contributed by atoms with Gasteiger partial charge in [0.25, 0.3) is 0 Å². The highest BCUT2D eigenvalue weighted by Crippen LogP contribution is 2.44. The highest BCUT2D eigenvalue weighted by Gasteiger charge is 2.34. The van der Waals surface area contributed by atoms with Gasteiger partial charge in [-0.1, -0.05) is 48.5 Å². The van der Waals surface area contributed by atoms with Gasteiger partial charge in [0.05, 0.1) is 19.1 Å². The van der Waals surface area contributed by atoms with Crippen molar-refractivity contribution < 1.29 is 29.0 Å². The lowest BCUT2D eigenvalue weighted by Gasteiger charge is -2.35. The van der Waals surface area contributed by atoms with Gasteiger partial charge in [0.2, 0.25) is 5.91 Å². The number of carbonyl (C=O) groups is 3. The molecule has 180 valence electrons. The number of nitrogens with zero attached hydrogens (tertiary/aromatic N) is 1. The van der Waals surface area contributed by atoms with Gasteiger partial charge in [0.15, 0.2) is 0 Å². The standard InChI is InChI=1S/C26H30N2O6/c1-2-28(17-8-7-13-33-15-17)25(31)23(14-24(29)30)27-26(32)34-16-22-20-11-5-3-9-18(20)19-10-4-6-12-21(19)22/h3-6,9-12,17,22-23H,2,7-8,13-16H2,1H3,(H,27,32)(H,29,30). The van der Waals surface area contributed by atoms with E-state index in [4.69, 9.17) is 9.47 Å². The first-order valence-corrected chi connectivity index (χ1v) is 11.7. The normalized spacial score (nSPS) is 17.9. The van der Waals surface area contributed by atoms with E-state index in [-0.39, 0.29) is 18.6 Å². The molecule has 1 aliphatic heterocycles. The highest BCUT2D eigenvalue weighted by atomic mass is 16.5. The summed E-state index contributed by atoms with van der Waals surface area (Å²) in [4.78, 5) is 38.9. The Hall–Kier alpha value is -3.39. The summed E-state index contributed by atoms with van der Waals surface area (Å²) in [7, 11) is 0. The maximum atomic E-state index is 13.2. The van der Waals surface area contributed by atoms with Crippen LogP contribution in [0, 0.1) is 0 Å². The predicted molar refractivity (Wildman–Crippen MR) is 125 cm³/mol. The Morgan fingerprint density at radius 1 is 1.12 bits per heavy atom. The van der Waals surface area contributed by atoms with Crippen LogP contribution in [0.25, 0.3) is 11.1 Å². The number of carbonyl (C=O) groups excluding carboxylic acids is 2. The number of ether oxygens (including phenoxy) is 2. The Morgan fingerprint density at radius 2 is 1.76 bits per heavy atom. The van der Waals surface area contributed by atoms with Crippen molar-refractivity contribution in [3.05, 3.63) is 59.7 Å². The number of fused-ring (bicyclic) bond motifs is 3. The second-order valence-corrected chi connectivity index (χ2v) is 8.62. The fourth-order valence-electron chi connectivity index (χ4n) is 4.92. The quantitative estimate of drug-likeness (QED) is 0.618. The average molecular weight is 467 g/mol. The molecular formula is C26H30N2O6. The van der Waals surface area contributed by atoms with Crippen molar-refractivity contribution in [2.24, 2.45) is 0 Å². The molecule has 2 atom stereocenters. The summed E-state index contributed by atoms with van der Waals surface area (Å²) in [5.74, 6) is -1.74. The van der Waals surface area contributed by atoms with Crippen LogP contribution in [-0.4, -0.2) is 66.4 Å². The van der Waals surface area contributed by atoms with Crippen LogP contribution < -0.4 is 5.32 Å². The summed E-state index contributed by atoms with van der Waals surface area (Å²) in [5, 5.41) is 11.8. The van der Waals surface area contributed by atoms with Crippen molar-refractivity contribution in [3.8, 4) is 11.1 Å². The number of likely N-dealkylation sites (N-methyl/N-ethyl adjacent to an activating group) is 1. The van der Waals surface area contributed by atoms with Gasteiger partial charge in [0.1, 0.15) is 12.6 Å². The minimum absolute atomic E-state index is 0.0851. The van der Waals surface area contributed by atoms with Crippen LogP contribution in [-0.2, 0) is 19.1 Å². The molecule has 2 aliphatic rings. The first kappa shape index (κ1) is 23.8. The second kappa shape index (κ2) is 10.7. The molecule has 4 rings (SSSR count). The lowest BCUT2D eigenvalue weighted by molar-refractivity contribution is -0.144. The van der Waals surface area contributed by atoms with Crippen LogP contribution in [0.15, 0.2) is 48.5 Å². The Balaban J connectivity index is 1.43. The molecule has 2 N–H and O–H groups in total. The van der Waals surface area contributed by atoms with E-state index in [0.717, 1.165) is 35.1 Å². The van der Waals surface area contributed by atoms with Crippen molar-refractivity contribution >= 4 is 18.0 Å². The third kappa shape index (κ3) is 5.07. The average Bonchev–Trinajstić information content (AvgIpc) is 3.17. The van der Waals surface area contributed by atoms with Crippen LogP contribution in [0.1, 0.15) is 43.2 Å². The van der Waals surface area contributed by atoms with Gasteiger partial charge >= 0.3 is 12.1 Å². The number of carboxylic acids is 1. The topological polar surface area (TPSA) is 105 Å². The Bertz CT molecular complexity index is 1000. The number of aliphatic carboxylic acids is 1. The SMILES string of the molecule is CCN(C(=O)C(CC(=O)O)NC(=O)OCC1c2ccccc2-c2ccccc21)C1CCCOC1. The number of carboxylic acid groups (broad SMARTS) is 1. The van der Waals surface area contributed by atoms with Crippen LogP contribution in [0.5, 0.6) is 0 Å². The molecule has 0 bridgehead atoms. The molecular weight excluding hydrogens is 436 g/mol. The summed E-state index contributed by atoms with van der Waals surface area (Å²) in [6.45, 7) is 3.37. The van der Waals surface area contributed by atoms with Gasteiger partial charge in [-0.2, -0.15) is 0 Å². The molecule has 0 aromatic heterocycles. The number of amides is 2. The number of alkyl carbamates (subject to hydrolysis) is 1. The van der Waals surface area contributed by atoms with Gasteiger partial charge in [-0.3, -0.25) is 9.59 Å². The molecule has 34 heavy (non-hydrogen) atoms. The zero-order valence-electron chi connectivity index (χ0n) is 19.2. The lowest BCUT2D eigenvalue weighted by Crippen LogP contribution is -2.54. The molecule has 8 nitrogen and oxygen atoms in total. The van der Waals surface area contributed by atoms with E-state index >= 15 is 0 Å². The molecule has 0 radical (unpaired) electrons. The summed E-state index contributed by atoms with van der Waals surface area (Å²) in [5.41, 5.74) is 4.37. The van der Waals surface area contributed by atoms with Crippen molar-refractivity contribution in [1.29, 1.82) is 0 Å². The van der Waals surface area contributed by atoms with Gasteiger partial charge in [-0.05, 0) is 42.0 Å². The van der Waals surface area contributed by atoms with Crippen molar-refractivity contribution in [2.75, 3.05) is 26.4 Å². The van der Waals surface area contributed by atoms with E-state index in [1.807, 2.05) is 55.5 Å². The maximum Gasteiger partial charge on any atom is 0.407 e. The minimum atomic E-state index is -1.21. The monoisotopic (exact) mass is 466 g/mol. The number of benzene rings is 2. The third-order valence-electron chi connectivity index (χ3n) is 6.51. The highest BCUT2D eigenvalue weighted by molar-refractivity contribution is 5.89. The third-order valence-corrected chi connectivity index (χ3v) is 6.51. The van der Waals surface area contributed by atoms with Crippen LogP contribution in [0.4, 0.5) is 4.79 Å². The zero-order chi connectivity index (χ0) is 24.1. The van der Waals surface area contributed by atoms with Crippen LogP contribution in [0.3, 0.4) is 0 Å². The first-order chi connectivity index (χ1) is 16.5. The summed E-state index contributed by atoms with van der Waals surface area (Å²) < 4.78 is 11.0. The largest absolute Gasteiger partial charge is 0.481 e. The molecule has 8 heteroatoms. The molecule has 2 aromatic carbocycles. The number of hydrogen-bond acceptors (Lipinski definition) is 5. The van der Waals surface area contributed by atoms with E-state index in [9.17, 15) is 19.5 Å². The zero-order valence-corrected chi connectivity index (χ0v) is 19.2. The smallest absolute Gasteiger partial charge is 0.407 e. The van der Waals surface area contributed by atoms with Gasteiger partial charge in [0, 0.05) is 19.1 Å². The lowest BCUT2D eigenvalue weighted by atomic mass is 9.98. The van der Waals surface area contributed by atoms with E-state index in [2.05, 4.69) is 5.32 Å². The van der Waals surface area contributed by atoms with Gasteiger partial charge in [-0.15, -0.1) is 0 Å². The molecule has 1 heterocycles. The van der Waals surface area contributed by atoms with Gasteiger partial charge < -0.3 is 24.8 Å². The number of rotatable bonds is 8. The molecule has 1 saturated heterocycles. The molecule has 1 fully saturated rings. The van der Waals surface area contributed by atoms with Gasteiger partial charge in [-0.25, -0.2) is 4.79 Å². The van der Waals surface area contributed by atoms with E-state index in [0.29, 0.717) is 19.8 Å². The Kier molecular flexibility index (Phi) is 7.47. The fraction of sp³-hybridized carbons (Fsp3) is 0.423. The molecule has 0 saturated carbocycles. The van der Waals surface area contributed by atoms with Crippen molar-refractivity contribution in [2.45, 2.75) is 44.2 Å². The number of nitrogens with one attached hydrogen (secondary N) is 1. The Morgan fingerprint density at radius 3 is 2.32 bits per heavy atom. The number of hydrogen-bond donors (Lipinski definition) is 2. The molecule has 2 amide bonds. The second-order valence-electron chi connectivity index (χ2n) is 8.62. The Labute approximate surface area is 198 Å². The first-order valence-electron chi connectivity index (χ1n) is 11.7. The molecule has 2 unspecified atom stereocenters. The molecule has 1 aliphatic carbocycles. The van der Waals surface area contributed by atoms with E-state index in [1.54, 1.807) is 4.90 Å². The van der Waals surface area contributed by atoms with Crippen molar-refractivity contribution in [1.82, 2.24) is 10.2 Å². The maximum absolute atomic E-state index is 13.2. The van der Waals surface area contributed by atoms with Crippen LogP contribution >= 0.6 is 0 Å². The summed E-state index contributed by atoms with van der Waals surface area (Å²) in [6.07, 6.45) is 0.285. The summed E-state index contributed by atoms with van der Waals surface area (Å²) >= 11 is 0. The van der Waals surface area contributed by atoms with E-state index < -0.39 is 30.4 Å². The summed E-state index contributed by atoms with van der Waals surface area (Å²) in [6, 6.07) is 14.6. The van der Waals surface area contributed by atoms with E-state index in [1.165, 1.54) is 0 Å². The fourth-order valence-corrected chi connectivity index (χ4v) is 4.92. The minimum Gasteiger partial charge on any atom is -0.481 e. The predicted octanol–water partition coefficient (Wildman–Crippen LogP) is 3.40. The van der Waals surface area contributed by atoms with Crippen LogP contribution in [0.2, 0.25) is 0 Å².